The minimum absolute atomic E-state index is 0.0820. The molecule has 0 bridgehead atoms. The zero-order valence-electron chi connectivity index (χ0n) is 16.4. The van der Waals surface area contributed by atoms with Crippen LogP contribution in [-0.2, 0) is 6.42 Å². The van der Waals surface area contributed by atoms with Gasteiger partial charge in [-0.15, -0.1) is 6.58 Å². The molecule has 0 amide bonds. The third-order valence-corrected chi connectivity index (χ3v) is 4.82. The summed E-state index contributed by atoms with van der Waals surface area (Å²) in [5, 5.41) is 0. The zero-order chi connectivity index (χ0) is 20.1. The Kier molecular flexibility index (Phi) is 6.00. The summed E-state index contributed by atoms with van der Waals surface area (Å²) in [5.41, 5.74) is 5.18. The lowest BCUT2D eigenvalue weighted by Gasteiger charge is -2.18. The van der Waals surface area contributed by atoms with Gasteiger partial charge < -0.3 is 0 Å². The van der Waals surface area contributed by atoms with Crippen LogP contribution in [0.1, 0.15) is 57.7 Å². The third kappa shape index (κ3) is 3.59. The molecule has 2 heteroatoms. The highest BCUT2D eigenvalue weighted by Gasteiger charge is 2.29. The first-order chi connectivity index (χ1) is 13.7. The van der Waals surface area contributed by atoms with Gasteiger partial charge in [0.1, 0.15) is 0 Å². The summed E-state index contributed by atoms with van der Waals surface area (Å²) in [6, 6.07) is 20.8. The molecule has 1 aliphatic rings. The van der Waals surface area contributed by atoms with Crippen LogP contribution >= 0.6 is 0 Å². The molecule has 28 heavy (non-hydrogen) atoms. The van der Waals surface area contributed by atoms with Crippen LogP contribution in [0.5, 0.6) is 0 Å². The average Bonchev–Trinajstić information content (AvgIpc) is 2.77. The number of rotatable bonds is 4. The Bertz CT molecular complexity index is 1040. The van der Waals surface area contributed by atoms with Crippen molar-refractivity contribution in [1.29, 1.82) is 0 Å². The van der Waals surface area contributed by atoms with Crippen LogP contribution in [0.25, 0.3) is 11.1 Å². The highest BCUT2D eigenvalue weighted by atomic mass is 16.1. The number of hydrogen-bond donors (Lipinski definition) is 0. The van der Waals surface area contributed by atoms with Crippen molar-refractivity contribution < 1.29 is 9.59 Å². The smallest absolute Gasteiger partial charge is 0.194 e. The second kappa shape index (κ2) is 8.62. The van der Waals surface area contributed by atoms with E-state index >= 15 is 0 Å². The number of carbonyl (C=O) groups excluding carboxylic acids is 2. The van der Waals surface area contributed by atoms with Crippen molar-refractivity contribution in [3.8, 4) is 11.1 Å². The third-order valence-electron chi connectivity index (χ3n) is 4.82. The molecule has 0 saturated heterocycles. The first-order valence-corrected chi connectivity index (χ1v) is 9.72. The number of aryl methyl sites for hydroxylation is 1. The van der Waals surface area contributed by atoms with Gasteiger partial charge in [-0.25, -0.2) is 0 Å². The van der Waals surface area contributed by atoms with Crippen LogP contribution in [-0.4, -0.2) is 11.6 Å². The molecule has 0 saturated carbocycles. The molecule has 0 N–H and O–H groups in total. The molecule has 3 aromatic rings. The van der Waals surface area contributed by atoms with Crippen LogP contribution < -0.4 is 0 Å². The molecule has 0 heterocycles. The second-order valence-electron chi connectivity index (χ2n) is 6.49. The molecule has 1 aliphatic carbocycles. The highest BCUT2D eigenvalue weighted by molar-refractivity contribution is 6.28. The van der Waals surface area contributed by atoms with Crippen molar-refractivity contribution in [2.75, 3.05) is 0 Å². The van der Waals surface area contributed by atoms with Crippen LogP contribution in [0.15, 0.2) is 79.4 Å². The maximum absolute atomic E-state index is 12.9. The Labute approximate surface area is 166 Å². The van der Waals surface area contributed by atoms with Gasteiger partial charge in [0.05, 0.1) is 0 Å². The van der Waals surface area contributed by atoms with Crippen LogP contribution in [0.3, 0.4) is 0 Å². The molecule has 0 spiro atoms. The summed E-state index contributed by atoms with van der Waals surface area (Å²) < 4.78 is 0. The summed E-state index contributed by atoms with van der Waals surface area (Å²) in [6.07, 6.45) is 3.78. The fourth-order valence-corrected chi connectivity index (χ4v) is 3.45. The normalized spacial score (nSPS) is 11.8. The summed E-state index contributed by atoms with van der Waals surface area (Å²) in [4.78, 5) is 25.6. The van der Waals surface area contributed by atoms with Crippen LogP contribution in [0.2, 0.25) is 0 Å². The van der Waals surface area contributed by atoms with E-state index in [2.05, 4.69) is 18.7 Å². The maximum atomic E-state index is 12.9. The molecule has 0 fully saturated rings. The Morgan fingerprint density at radius 2 is 1.32 bits per heavy atom. The number of hydrogen-bond acceptors (Lipinski definition) is 2. The predicted molar refractivity (Wildman–Crippen MR) is 115 cm³/mol. The molecule has 3 aromatic carbocycles. The minimum atomic E-state index is -0.0835. The Morgan fingerprint density at radius 1 is 0.714 bits per heavy atom. The zero-order valence-corrected chi connectivity index (χ0v) is 16.4. The fourth-order valence-electron chi connectivity index (χ4n) is 3.45. The molecule has 0 aromatic heterocycles. The Balaban J connectivity index is 0.00000109. The lowest BCUT2D eigenvalue weighted by atomic mass is 9.83. The van der Waals surface area contributed by atoms with E-state index in [-0.39, 0.29) is 11.6 Å². The summed E-state index contributed by atoms with van der Waals surface area (Å²) in [6.45, 7) is 7.77. The molecule has 0 atom stereocenters. The lowest BCUT2D eigenvalue weighted by Crippen LogP contribution is -2.20. The molecule has 4 rings (SSSR count). The summed E-state index contributed by atoms with van der Waals surface area (Å²) in [5.74, 6) is -0.165. The SMILES string of the molecule is C=CCCc1cccc(-c2ccc3c(c2)C(=O)c2ccccc2C3=O)c1.CC. The topological polar surface area (TPSA) is 34.1 Å². The molecule has 140 valence electrons. The first kappa shape index (κ1) is 19.5. The van der Waals surface area contributed by atoms with Crippen molar-refractivity contribution in [1.82, 2.24) is 0 Å². The molecule has 0 radical (unpaired) electrons. The van der Waals surface area contributed by atoms with E-state index in [9.17, 15) is 9.59 Å². The van der Waals surface area contributed by atoms with E-state index in [0.29, 0.717) is 22.3 Å². The number of benzene rings is 3. The number of ketones is 2. The van der Waals surface area contributed by atoms with Crippen molar-refractivity contribution in [3.63, 3.8) is 0 Å². The van der Waals surface area contributed by atoms with Crippen molar-refractivity contribution >= 4 is 11.6 Å². The average molecular weight is 368 g/mol. The van der Waals surface area contributed by atoms with Gasteiger partial charge in [0.25, 0.3) is 0 Å². The Morgan fingerprint density at radius 3 is 2.00 bits per heavy atom. The maximum Gasteiger partial charge on any atom is 0.194 e. The number of fused-ring (bicyclic) bond motifs is 2. The van der Waals surface area contributed by atoms with Crippen molar-refractivity contribution in [2.24, 2.45) is 0 Å². The molecule has 0 unspecified atom stereocenters. The van der Waals surface area contributed by atoms with Gasteiger partial charge >= 0.3 is 0 Å². The van der Waals surface area contributed by atoms with Crippen LogP contribution in [0.4, 0.5) is 0 Å². The number of allylic oxidation sites excluding steroid dienone is 1. The standard InChI is InChI=1S/C24H18O2.C2H6/c1-2-3-7-16-8-6-9-17(14-16)18-12-13-21-22(15-18)24(26)20-11-5-4-10-19(20)23(21)25;1-2/h2,4-6,8-15H,1,3,7H2;1-2H3. The van der Waals surface area contributed by atoms with E-state index in [1.807, 2.05) is 44.2 Å². The number of carbonyl (C=O) groups is 2. The Hall–Kier alpha value is -3.26. The molecular formula is C26H24O2. The van der Waals surface area contributed by atoms with Gasteiger partial charge in [0, 0.05) is 22.3 Å². The molecule has 0 aliphatic heterocycles. The van der Waals surface area contributed by atoms with E-state index in [1.165, 1.54) is 5.56 Å². The van der Waals surface area contributed by atoms with Gasteiger partial charge in [-0.05, 0) is 41.7 Å². The fraction of sp³-hybridized carbons (Fsp3) is 0.154. The largest absolute Gasteiger partial charge is 0.289 e. The predicted octanol–water partition coefficient (Wildman–Crippen LogP) is 6.27. The van der Waals surface area contributed by atoms with Gasteiger partial charge in [0.15, 0.2) is 11.6 Å². The van der Waals surface area contributed by atoms with Crippen LogP contribution in [0, 0.1) is 0 Å². The van der Waals surface area contributed by atoms with Crippen molar-refractivity contribution in [3.05, 3.63) is 107 Å². The van der Waals surface area contributed by atoms with Gasteiger partial charge in [-0.1, -0.05) is 74.5 Å². The van der Waals surface area contributed by atoms with E-state index in [1.54, 1.807) is 30.3 Å². The van der Waals surface area contributed by atoms with Gasteiger partial charge in [-0.2, -0.15) is 0 Å². The highest BCUT2D eigenvalue weighted by Crippen LogP contribution is 2.31. The summed E-state index contributed by atoms with van der Waals surface area (Å²) in [7, 11) is 0. The quantitative estimate of drug-likeness (QED) is 0.398. The molecule has 2 nitrogen and oxygen atoms in total. The van der Waals surface area contributed by atoms with E-state index in [4.69, 9.17) is 0 Å². The lowest BCUT2D eigenvalue weighted by molar-refractivity contribution is 0.0979. The van der Waals surface area contributed by atoms with Gasteiger partial charge in [0.2, 0.25) is 0 Å². The van der Waals surface area contributed by atoms with E-state index < -0.39 is 0 Å². The van der Waals surface area contributed by atoms with Gasteiger partial charge in [-0.3, -0.25) is 9.59 Å². The van der Waals surface area contributed by atoms with E-state index in [0.717, 1.165) is 24.0 Å². The monoisotopic (exact) mass is 368 g/mol. The minimum Gasteiger partial charge on any atom is -0.289 e. The molecular weight excluding hydrogens is 344 g/mol. The summed E-state index contributed by atoms with van der Waals surface area (Å²) >= 11 is 0. The van der Waals surface area contributed by atoms with Crippen molar-refractivity contribution in [2.45, 2.75) is 26.7 Å². The first-order valence-electron chi connectivity index (χ1n) is 9.72. The second-order valence-corrected chi connectivity index (χ2v) is 6.49.